The molecule has 0 aliphatic heterocycles. The molecule has 0 amide bonds. The molecule has 124 valence electrons. The number of methoxy groups -OCH3 is 1. The summed E-state index contributed by atoms with van der Waals surface area (Å²) >= 11 is 0. The van der Waals surface area contributed by atoms with Crippen molar-refractivity contribution in [2.24, 2.45) is 5.41 Å². The number of carboxylic acids is 1. The van der Waals surface area contributed by atoms with Crippen molar-refractivity contribution < 1.29 is 19.0 Å². The van der Waals surface area contributed by atoms with Gasteiger partial charge in [-0.1, -0.05) is 12.1 Å². The van der Waals surface area contributed by atoms with E-state index in [2.05, 4.69) is 5.32 Å². The third kappa shape index (κ3) is 6.54. The van der Waals surface area contributed by atoms with E-state index >= 15 is 0 Å². The zero-order chi connectivity index (χ0) is 16.6. The molecule has 1 rings (SSSR count). The van der Waals surface area contributed by atoms with Crippen LogP contribution in [0.15, 0.2) is 24.3 Å². The highest BCUT2D eigenvalue weighted by Crippen LogP contribution is 2.19. The van der Waals surface area contributed by atoms with Gasteiger partial charge >= 0.3 is 5.97 Å². The molecule has 0 fully saturated rings. The van der Waals surface area contributed by atoms with Crippen LogP contribution in [0, 0.1) is 11.2 Å². The van der Waals surface area contributed by atoms with Gasteiger partial charge in [0, 0.05) is 19.8 Å². The minimum atomic E-state index is -0.798. The van der Waals surface area contributed by atoms with Crippen LogP contribution in [0.5, 0.6) is 0 Å². The predicted octanol–water partition coefficient (Wildman–Crippen LogP) is 2.86. The van der Waals surface area contributed by atoms with E-state index in [9.17, 15) is 9.18 Å². The third-order valence-electron chi connectivity index (χ3n) is 3.80. The lowest BCUT2D eigenvalue weighted by Crippen LogP contribution is -2.36. The number of hydrogen-bond acceptors (Lipinski definition) is 3. The average molecular weight is 311 g/mol. The number of carbonyl (C=O) groups is 1. The second-order valence-corrected chi connectivity index (χ2v) is 6.21. The van der Waals surface area contributed by atoms with Gasteiger partial charge in [-0.3, -0.25) is 4.79 Å². The van der Waals surface area contributed by atoms with Crippen molar-refractivity contribution >= 4 is 5.97 Å². The summed E-state index contributed by atoms with van der Waals surface area (Å²) < 4.78 is 18.4. The van der Waals surface area contributed by atoms with Gasteiger partial charge in [-0.05, 0) is 57.4 Å². The Morgan fingerprint density at radius 3 is 2.77 bits per heavy atom. The molecule has 1 aromatic rings. The first-order chi connectivity index (χ1) is 10.3. The molecule has 5 heteroatoms. The van der Waals surface area contributed by atoms with E-state index < -0.39 is 11.4 Å². The molecule has 4 nitrogen and oxygen atoms in total. The Balaban J connectivity index is 2.55. The summed E-state index contributed by atoms with van der Waals surface area (Å²) in [4.78, 5) is 11.1. The molecule has 0 aliphatic rings. The molecular formula is C17H26FNO3. The van der Waals surface area contributed by atoms with Crippen LogP contribution in [0.1, 0.15) is 32.3 Å². The fourth-order valence-electron chi connectivity index (χ4n) is 2.18. The topological polar surface area (TPSA) is 58.6 Å². The molecule has 1 unspecified atom stereocenters. The van der Waals surface area contributed by atoms with Crippen LogP contribution in [-0.2, 0) is 16.0 Å². The van der Waals surface area contributed by atoms with Gasteiger partial charge in [0.15, 0.2) is 0 Å². The summed E-state index contributed by atoms with van der Waals surface area (Å²) in [5, 5.41) is 12.5. The van der Waals surface area contributed by atoms with Crippen LogP contribution in [0.2, 0.25) is 0 Å². The number of hydrogen-bond donors (Lipinski definition) is 2. The molecule has 0 aromatic heterocycles. The molecule has 1 aromatic carbocycles. The van der Waals surface area contributed by atoms with E-state index in [1.807, 2.05) is 6.07 Å². The SMILES string of the molecule is COCCC(Cc1cccc(F)c1)NCCC(C)(C)C(=O)O. The number of ether oxygens (including phenoxy) is 1. The van der Waals surface area contributed by atoms with E-state index in [1.54, 1.807) is 27.0 Å². The Morgan fingerprint density at radius 2 is 2.18 bits per heavy atom. The summed E-state index contributed by atoms with van der Waals surface area (Å²) in [6, 6.07) is 6.68. The number of halogens is 1. The standard InChI is InChI=1S/C17H26FNO3/c1-17(2,16(20)21)8-9-19-15(7-10-22-3)12-13-5-4-6-14(18)11-13/h4-6,11,15,19H,7-10,12H2,1-3H3,(H,20,21). The van der Waals surface area contributed by atoms with Crippen LogP contribution >= 0.6 is 0 Å². The van der Waals surface area contributed by atoms with E-state index in [4.69, 9.17) is 9.84 Å². The molecule has 0 heterocycles. The lowest BCUT2D eigenvalue weighted by atomic mass is 9.89. The summed E-state index contributed by atoms with van der Waals surface area (Å²) in [5.41, 5.74) is 0.170. The fraction of sp³-hybridized carbons (Fsp3) is 0.588. The van der Waals surface area contributed by atoms with Gasteiger partial charge in [0.25, 0.3) is 0 Å². The first kappa shape index (κ1) is 18.6. The van der Waals surface area contributed by atoms with Gasteiger partial charge in [0.2, 0.25) is 0 Å². The third-order valence-corrected chi connectivity index (χ3v) is 3.80. The lowest BCUT2D eigenvalue weighted by Gasteiger charge is -2.23. The highest BCUT2D eigenvalue weighted by Gasteiger charge is 2.26. The minimum Gasteiger partial charge on any atom is -0.481 e. The van der Waals surface area contributed by atoms with Crippen molar-refractivity contribution in [1.29, 1.82) is 0 Å². The normalized spacial score (nSPS) is 13.1. The number of carboxylic acid groups (broad SMARTS) is 1. The first-order valence-electron chi connectivity index (χ1n) is 7.55. The molecule has 0 radical (unpaired) electrons. The molecule has 0 saturated heterocycles. The van der Waals surface area contributed by atoms with E-state index in [0.29, 0.717) is 26.0 Å². The van der Waals surface area contributed by atoms with Crippen LogP contribution < -0.4 is 5.32 Å². The average Bonchev–Trinajstić information content (AvgIpc) is 2.44. The Labute approximate surface area is 131 Å². The Bertz CT molecular complexity index is 477. The molecule has 1 atom stereocenters. The molecule has 22 heavy (non-hydrogen) atoms. The zero-order valence-corrected chi connectivity index (χ0v) is 13.6. The maximum absolute atomic E-state index is 13.3. The van der Waals surface area contributed by atoms with Crippen molar-refractivity contribution in [3.05, 3.63) is 35.6 Å². The predicted molar refractivity (Wildman–Crippen MR) is 84.4 cm³/mol. The van der Waals surface area contributed by atoms with Crippen molar-refractivity contribution in [2.45, 2.75) is 39.2 Å². The molecule has 0 aliphatic carbocycles. The highest BCUT2D eigenvalue weighted by atomic mass is 19.1. The molecule has 0 bridgehead atoms. The lowest BCUT2D eigenvalue weighted by molar-refractivity contribution is -0.147. The second kappa shape index (κ2) is 8.86. The van der Waals surface area contributed by atoms with E-state index in [-0.39, 0.29) is 11.9 Å². The van der Waals surface area contributed by atoms with Crippen LogP contribution in [0.3, 0.4) is 0 Å². The largest absolute Gasteiger partial charge is 0.481 e. The summed E-state index contributed by atoms with van der Waals surface area (Å²) in [5.74, 6) is -1.04. The van der Waals surface area contributed by atoms with Crippen LogP contribution in [0.4, 0.5) is 4.39 Å². The van der Waals surface area contributed by atoms with Crippen molar-refractivity contribution in [3.8, 4) is 0 Å². The number of rotatable bonds is 10. The van der Waals surface area contributed by atoms with Gasteiger partial charge in [-0.2, -0.15) is 0 Å². The monoisotopic (exact) mass is 311 g/mol. The van der Waals surface area contributed by atoms with E-state index in [1.165, 1.54) is 12.1 Å². The number of nitrogens with one attached hydrogen (secondary N) is 1. The van der Waals surface area contributed by atoms with Gasteiger partial charge < -0.3 is 15.2 Å². The van der Waals surface area contributed by atoms with Crippen LogP contribution in [-0.4, -0.2) is 37.4 Å². The summed E-state index contributed by atoms with van der Waals surface area (Å²) in [6.07, 6.45) is 2.02. The summed E-state index contributed by atoms with van der Waals surface area (Å²) in [7, 11) is 1.65. The Kier molecular flexibility index (Phi) is 7.48. The van der Waals surface area contributed by atoms with Crippen molar-refractivity contribution in [3.63, 3.8) is 0 Å². The maximum Gasteiger partial charge on any atom is 0.309 e. The molecule has 2 N–H and O–H groups in total. The van der Waals surface area contributed by atoms with Crippen molar-refractivity contribution in [2.75, 3.05) is 20.3 Å². The van der Waals surface area contributed by atoms with E-state index in [0.717, 1.165) is 12.0 Å². The van der Waals surface area contributed by atoms with Gasteiger partial charge in [0.1, 0.15) is 5.82 Å². The Hall–Kier alpha value is -1.46. The molecule has 0 spiro atoms. The van der Waals surface area contributed by atoms with Gasteiger partial charge in [0.05, 0.1) is 5.41 Å². The molecule has 0 saturated carbocycles. The fourth-order valence-corrected chi connectivity index (χ4v) is 2.18. The maximum atomic E-state index is 13.3. The van der Waals surface area contributed by atoms with Gasteiger partial charge in [-0.25, -0.2) is 4.39 Å². The van der Waals surface area contributed by atoms with Gasteiger partial charge in [-0.15, -0.1) is 0 Å². The number of aliphatic carboxylic acids is 1. The summed E-state index contributed by atoms with van der Waals surface area (Å²) in [6.45, 7) is 4.64. The first-order valence-corrected chi connectivity index (χ1v) is 7.55. The smallest absolute Gasteiger partial charge is 0.309 e. The minimum absolute atomic E-state index is 0.131. The quantitative estimate of drug-likeness (QED) is 0.697. The highest BCUT2D eigenvalue weighted by molar-refractivity contribution is 5.73. The van der Waals surface area contributed by atoms with Crippen molar-refractivity contribution in [1.82, 2.24) is 5.32 Å². The van der Waals surface area contributed by atoms with Crippen LogP contribution in [0.25, 0.3) is 0 Å². The second-order valence-electron chi connectivity index (χ2n) is 6.21. The number of benzene rings is 1. The Morgan fingerprint density at radius 1 is 1.45 bits per heavy atom. The molecular weight excluding hydrogens is 285 g/mol. The zero-order valence-electron chi connectivity index (χ0n) is 13.6.